The maximum atomic E-state index is 14.1. The summed E-state index contributed by atoms with van der Waals surface area (Å²) in [7, 11) is 6.66. The highest BCUT2D eigenvalue weighted by Crippen LogP contribution is 2.30. The number of aliphatic hydroxyl groups is 1. The van der Waals surface area contributed by atoms with Gasteiger partial charge in [0.25, 0.3) is 0 Å². The molecule has 1 fully saturated rings. The zero-order chi connectivity index (χ0) is 41.7. The number of nitrogens with zero attached hydrogens (tertiary/aromatic N) is 3. The molecule has 3 rings (SSSR count). The van der Waals surface area contributed by atoms with Crippen LogP contribution in [0.3, 0.4) is 0 Å². The predicted octanol–water partition coefficient (Wildman–Crippen LogP) is 3.60. The lowest BCUT2D eigenvalue weighted by atomic mass is 9.90. The van der Waals surface area contributed by atoms with Gasteiger partial charge in [-0.2, -0.15) is 0 Å². The second kappa shape index (κ2) is 21.9. The Kier molecular flexibility index (Phi) is 18.1. The van der Waals surface area contributed by atoms with Crippen molar-refractivity contribution in [2.75, 3.05) is 47.1 Å². The van der Waals surface area contributed by atoms with Crippen LogP contribution in [-0.2, 0) is 35.2 Å². The maximum absolute atomic E-state index is 14.1. The average Bonchev–Trinajstić information content (AvgIpc) is 3.66. The number of carbonyl (C=O) groups is 4. The molecule has 0 bridgehead atoms. The smallest absolute Gasteiger partial charge is 0.242 e. The summed E-state index contributed by atoms with van der Waals surface area (Å²) in [5, 5.41) is 16.6. The van der Waals surface area contributed by atoms with Crippen molar-refractivity contribution in [3.63, 3.8) is 0 Å². The number of likely N-dealkylation sites (tertiary alicyclic amines) is 1. The van der Waals surface area contributed by atoms with E-state index in [0.29, 0.717) is 30.8 Å². The van der Waals surface area contributed by atoms with Gasteiger partial charge in [0.15, 0.2) is 0 Å². The fourth-order valence-corrected chi connectivity index (χ4v) is 8.07. The van der Waals surface area contributed by atoms with Gasteiger partial charge in [-0.25, -0.2) is 0 Å². The van der Waals surface area contributed by atoms with E-state index in [1.54, 1.807) is 63.1 Å². The molecule has 2 aromatic rings. The molecule has 0 saturated carbocycles. The number of likely N-dealkylation sites (N-methyl/N-ethyl adjacent to an activating group) is 2. The Bertz CT molecular complexity index is 1560. The van der Waals surface area contributed by atoms with Crippen LogP contribution in [0.5, 0.6) is 0 Å². The van der Waals surface area contributed by atoms with Gasteiger partial charge in [-0.05, 0) is 80.1 Å². The molecule has 1 aliphatic rings. The largest absolute Gasteiger partial charge is 0.399 e. The predicted molar refractivity (Wildman–Crippen MR) is 217 cm³/mol. The number of hydrogen-bond acceptors (Lipinski definition) is 9. The molecule has 0 unspecified atom stereocenters. The van der Waals surface area contributed by atoms with Gasteiger partial charge >= 0.3 is 0 Å². The van der Waals surface area contributed by atoms with Gasteiger partial charge in [-0.15, -0.1) is 0 Å². The summed E-state index contributed by atoms with van der Waals surface area (Å²) in [5.41, 5.74) is 8.23. The van der Waals surface area contributed by atoms with Gasteiger partial charge in [0.1, 0.15) is 0 Å². The van der Waals surface area contributed by atoms with Crippen molar-refractivity contribution in [3.05, 3.63) is 65.7 Å². The van der Waals surface area contributed by atoms with Crippen molar-refractivity contribution in [1.82, 2.24) is 25.3 Å². The third-order valence-corrected chi connectivity index (χ3v) is 11.3. The monoisotopic (exact) mass is 778 g/mol. The second-order valence-electron chi connectivity index (χ2n) is 15.7. The Morgan fingerprint density at radius 3 is 2.34 bits per heavy atom. The van der Waals surface area contributed by atoms with Crippen LogP contribution in [0.15, 0.2) is 42.5 Å². The van der Waals surface area contributed by atoms with Gasteiger partial charge in [0, 0.05) is 40.0 Å². The molecule has 13 nitrogen and oxygen atoms in total. The highest BCUT2D eigenvalue weighted by atomic mass is 16.5. The summed E-state index contributed by atoms with van der Waals surface area (Å²) in [6.45, 7) is 12.3. The van der Waals surface area contributed by atoms with E-state index >= 15 is 0 Å². The molecule has 9 atom stereocenters. The second-order valence-corrected chi connectivity index (χ2v) is 15.7. The van der Waals surface area contributed by atoms with Crippen molar-refractivity contribution in [1.29, 1.82) is 0 Å². The summed E-state index contributed by atoms with van der Waals surface area (Å²) in [6, 6.07) is 16.3. The molecule has 5 N–H and O–H groups in total. The molecule has 310 valence electrons. The van der Waals surface area contributed by atoms with E-state index in [0.717, 1.165) is 18.4 Å². The van der Waals surface area contributed by atoms with Gasteiger partial charge in [0.05, 0.1) is 61.4 Å². The Hall–Kier alpha value is -4.22. The summed E-state index contributed by atoms with van der Waals surface area (Å²) >= 11 is 0. The molecule has 1 heterocycles. The Morgan fingerprint density at radius 1 is 1.04 bits per heavy atom. The fourth-order valence-electron chi connectivity index (χ4n) is 8.07. The molecule has 0 radical (unpaired) electrons. The van der Waals surface area contributed by atoms with Crippen LogP contribution in [0, 0.1) is 29.9 Å². The highest BCUT2D eigenvalue weighted by molar-refractivity contribution is 5.88. The lowest BCUT2D eigenvalue weighted by Crippen LogP contribution is -2.55. The SMILES string of the molecule is CC[C@H](C)[C@@H]([C@@H](CC(=O)N1CCC[C@H]1[C@H](OC)[C@@H](C)C(=O)N[C@H](C)[C@@H](O)c1cc#ccc1)OC)N(C)C(=O)CNC(=O)[C@H](C(C)C)N(C)Cc1cccc(N)c1. The topological polar surface area (TPSA) is 167 Å². The molecule has 13 heteroatoms. The molecule has 1 aliphatic heterocycles. The highest BCUT2D eigenvalue weighted by Gasteiger charge is 2.42. The van der Waals surface area contributed by atoms with Crippen molar-refractivity contribution in [3.8, 4) is 0 Å². The number of aliphatic hydroxyl groups excluding tert-OH is 1. The summed E-state index contributed by atoms with van der Waals surface area (Å²) in [5.74, 6) is -1.66. The molecule has 2 aromatic carbocycles. The van der Waals surface area contributed by atoms with Crippen LogP contribution < -0.4 is 16.4 Å². The number of anilines is 1. The van der Waals surface area contributed by atoms with Gasteiger partial charge in [-0.1, -0.05) is 65.3 Å². The summed E-state index contributed by atoms with van der Waals surface area (Å²) in [6.07, 6.45) is -0.00646. The lowest BCUT2D eigenvalue weighted by Gasteiger charge is -2.39. The van der Waals surface area contributed by atoms with Crippen LogP contribution in [0.4, 0.5) is 5.69 Å². The minimum atomic E-state index is -0.933. The number of rotatable bonds is 21. The molecule has 0 spiro atoms. The van der Waals surface area contributed by atoms with Crippen LogP contribution in [0.2, 0.25) is 0 Å². The number of amides is 4. The van der Waals surface area contributed by atoms with Crippen LogP contribution in [-0.4, -0.2) is 121 Å². The molecule has 0 aromatic heterocycles. The molecular formula is C43H66N6O7. The molecule has 1 saturated heterocycles. The molecular weight excluding hydrogens is 713 g/mol. The van der Waals surface area contributed by atoms with Crippen molar-refractivity contribution in [2.24, 2.45) is 17.8 Å². The first kappa shape index (κ1) is 46.2. The molecule has 56 heavy (non-hydrogen) atoms. The standard InChI is InChI=1S/C43H66N6O7/c1-11-28(4)39(48(8)37(51)25-45-43(54)38(27(2)3)47(7)26-31-17-15-20-33(44)23-31)35(55-9)24-36(50)49-22-16-21-34(49)41(56-10)29(5)42(53)46-30(6)40(52)32-18-13-12-14-19-32/h13,15,17-20,23,27-30,34-35,38-41,52H,11,16,21-22,24-26,44H2,1-10H3,(H,45,54)(H,46,53)/t28-,29+,30+,34-,35+,38-,39-,40+,41+/m0/s1. The third-order valence-electron chi connectivity index (χ3n) is 11.3. The molecule has 0 aliphatic carbocycles. The Labute approximate surface area is 334 Å². The van der Waals surface area contributed by atoms with E-state index in [2.05, 4.69) is 22.8 Å². The zero-order valence-corrected chi connectivity index (χ0v) is 35.1. The van der Waals surface area contributed by atoms with Crippen molar-refractivity contribution >= 4 is 29.3 Å². The number of benzene rings is 1. The number of hydrogen-bond donors (Lipinski definition) is 4. The van der Waals surface area contributed by atoms with E-state index in [-0.39, 0.29) is 54.5 Å². The van der Waals surface area contributed by atoms with E-state index in [1.807, 2.05) is 63.9 Å². The quantitative estimate of drug-likeness (QED) is 0.139. The Balaban J connectivity index is 1.67. The molecule has 4 amide bonds. The summed E-state index contributed by atoms with van der Waals surface area (Å²) < 4.78 is 11.9. The van der Waals surface area contributed by atoms with Gasteiger partial charge in [0.2, 0.25) is 23.6 Å². The Morgan fingerprint density at radius 2 is 1.75 bits per heavy atom. The van der Waals surface area contributed by atoms with E-state index < -0.39 is 42.4 Å². The van der Waals surface area contributed by atoms with Gasteiger partial charge in [-0.3, -0.25) is 24.1 Å². The average molecular weight is 779 g/mol. The third kappa shape index (κ3) is 12.1. The number of ether oxygens (including phenoxy) is 2. The van der Waals surface area contributed by atoms with E-state index in [4.69, 9.17) is 15.2 Å². The number of methoxy groups -OCH3 is 2. The first-order valence-electron chi connectivity index (χ1n) is 19.8. The maximum Gasteiger partial charge on any atom is 0.242 e. The van der Waals surface area contributed by atoms with Crippen molar-refractivity contribution in [2.45, 2.75) is 116 Å². The normalized spacial score (nSPS) is 18.6. The van der Waals surface area contributed by atoms with Crippen LogP contribution >= 0.6 is 0 Å². The lowest BCUT2D eigenvalue weighted by molar-refractivity contribution is -0.146. The van der Waals surface area contributed by atoms with Crippen LogP contribution in [0.1, 0.15) is 84.5 Å². The first-order valence-corrected chi connectivity index (χ1v) is 19.8. The van der Waals surface area contributed by atoms with E-state index in [9.17, 15) is 24.3 Å². The van der Waals surface area contributed by atoms with Gasteiger partial charge < -0.3 is 40.7 Å². The number of nitrogens with two attached hydrogens (primary N) is 1. The fraction of sp³-hybridized carbons (Fsp3) is 0.628. The zero-order valence-electron chi connectivity index (χ0n) is 35.1. The number of carbonyl (C=O) groups excluding carboxylic acids is 4. The van der Waals surface area contributed by atoms with E-state index in [1.165, 1.54) is 0 Å². The minimum Gasteiger partial charge on any atom is -0.399 e. The van der Waals surface area contributed by atoms with Crippen molar-refractivity contribution < 1.29 is 33.8 Å². The number of nitrogens with one attached hydrogen (secondary N) is 2. The summed E-state index contributed by atoms with van der Waals surface area (Å²) in [4.78, 5) is 60.2. The van der Waals surface area contributed by atoms with Crippen LogP contribution in [0.25, 0.3) is 0 Å². The number of nitrogen functional groups attached to an aromatic ring is 1. The minimum absolute atomic E-state index is 0.0158. The first-order chi connectivity index (χ1) is 26.6.